The van der Waals surface area contributed by atoms with Crippen LogP contribution in [0.15, 0.2) is 0 Å². The summed E-state index contributed by atoms with van der Waals surface area (Å²) < 4.78 is 5.54. The summed E-state index contributed by atoms with van der Waals surface area (Å²) in [5.41, 5.74) is 0.443. The van der Waals surface area contributed by atoms with E-state index >= 15 is 0 Å². The van der Waals surface area contributed by atoms with Crippen LogP contribution in [0.2, 0.25) is 0 Å². The molecule has 2 fully saturated rings. The van der Waals surface area contributed by atoms with Crippen LogP contribution in [0.3, 0.4) is 0 Å². The Labute approximate surface area is 99.5 Å². The zero-order chi connectivity index (χ0) is 11.4. The second kappa shape index (κ2) is 5.48. The average molecular weight is 226 g/mol. The fraction of sp³-hybridized carbons (Fsp3) is 1.00. The van der Waals surface area contributed by atoms with E-state index in [1.54, 1.807) is 0 Å². The molecular formula is C13H26N2O. The van der Waals surface area contributed by atoms with Gasteiger partial charge in [-0.3, -0.25) is 4.90 Å². The Morgan fingerprint density at radius 1 is 1.38 bits per heavy atom. The molecule has 3 nitrogen and oxygen atoms in total. The Bertz CT molecular complexity index is 214. The Morgan fingerprint density at radius 3 is 2.81 bits per heavy atom. The molecule has 94 valence electrons. The normalized spacial score (nSPS) is 27.4. The van der Waals surface area contributed by atoms with Gasteiger partial charge in [0.1, 0.15) is 0 Å². The molecule has 2 aliphatic rings. The van der Waals surface area contributed by atoms with Gasteiger partial charge in [0.25, 0.3) is 0 Å². The van der Waals surface area contributed by atoms with Gasteiger partial charge in [-0.2, -0.15) is 0 Å². The number of hydrogen-bond acceptors (Lipinski definition) is 3. The molecule has 0 aromatic rings. The fourth-order valence-corrected chi connectivity index (χ4v) is 3.15. The molecule has 0 radical (unpaired) electrons. The summed E-state index contributed by atoms with van der Waals surface area (Å²) in [4.78, 5) is 2.61. The van der Waals surface area contributed by atoms with Crippen molar-refractivity contribution < 1.29 is 4.74 Å². The Morgan fingerprint density at radius 2 is 2.12 bits per heavy atom. The Balaban J connectivity index is 1.85. The van der Waals surface area contributed by atoms with Gasteiger partial charge in [0.05, 0.1) is 6.61 Å². The third kappa shape index (κ3) is 2.76. The van der Waals surface area contributed by atoms with Crippen molar-refractivity contribution in [3.05, 3.63) is 0 Å². The van der Waals surface area contributed by atoms with E-state index in [4.69, 9.17) is 4.74 Å². The van der Waals surface area contributed by atoms with E-state index in [0.29, 0.717) is 11.6 Å². The number of nitrogens with zero attached hydrogens (tertiary/aromatic N) is 1. The molecule has 0 bridgehead atoms. The second-order valence-electron chi connectivity index (χ2n) is 5.39. The van der Waals surface area contributed by atoms with E-state index < -0.39 is 0 Å². The SMILES string of the molecule is CCOCC(C)N1CCNC2(CCCC2)C1. The van der Waals surface area contributed by atoms with E-state index in [2.05, 4.69) is 24.1 Å². The van der Waals surface area contributed by atoms with Crippen molar-refractivity contribution in [3.8, 4) is 0 Å². The lowest BCUT2D eigenvalue weighted by Gasteiger charge is -2.44. The molecule has 1 aliphatic carbocycles. The monoisotopic (exact) mass is 226 g/mol. The van der Waals surface area contributed by atoms with Crippen molar-refractivity contribution >= 4 is 0 Å². The first-order valence-electron chi connectivity index (χ1n) is 6.82. The first-order valence-corrected chi connectivity index (χ1v) is 6.82. The van der Waals surface area contributed by atoms with Gasteiger partial charge >= 0.3 is 0 Å². The topological polar surface area (TPSA) is 24.5 Å². The lowest BCUT2D eigenvalue weighted by atomic mass is 9.94. The van der Waals surface area contributed by atoms with Gasteiger partial charge in [-0.1, -0.05) is 12.8 Å². The first kappa shape index (κ1) is 12.3. The lowest BCUT2D eigenvalue weighted by Crippen LogP contribution is -2.61. The molecule has 1 saturated heterocycles. The summed E-state index contributed by atoms with van der Waals surface area (Å²) in [7, 11) is 0. The van der Waals surface area contributed by atoms with Gasteiger partial charge in [0.2, 0.25) is 0 Å². The van der Waals surface area contributed by atoms with Crippen LogP contribution in [-0.2, 0) is 4.74 Å². The lowest BCUT2D eigenvalue weighted by molar-refractivity contribution is 0.0396. The fourth-order valence-electron chi connectivity index (χ4n) is 3.15. The molecule has 1 unspecified atom stereocenters. The molecule has 2 rings (SSSR count). The molecule has 1 N–H and O–H groups in total. The average Bonchev–Trinajstić information content (AvgIpc) is 2.74. The van der Waals surface area contributed by atoms with Crippen LogP contribution in [0.1, 0.15) is 39.5 Å². The van der Waals surface area contributed by atoms with Gasteiger partial charge in [-0.05, 0) is 26.7 Å². The van der Waals surface area contributed by atoms with Crippen LogP contribution in [-0.4, -0.2) is 49.3 Å². The Kier molecular flexibility index (Phi) is 4.22. The largest absolute Gasteiger partial charge is 0.380 e. The predicted molar refractivity (Wildman–Crippen MR) is 66.7 cm³/mol. The summed E-state index contributed by atoms with van der Waals surface area (Å²) in [6, 6.07) is 0.569. The third-order valence-corrected chi connectivity index (χ3v) is 4.15. The van der Waals surface area contributed by atoms with Crippen LogP contribution in [0.25, 0.3) is 0 Å². The summed E-state index contributed by atoms with van der Waals surface area (Å²) in [5.74, 6) is 0. The molecule has 1 spiro atoms. The standard InChI is InChI=1S/C13H26N2O/c1-3-16-10-12(2)15-9-8-14-13(11-15)6-4-5-7-13/h12,14H,3-11H2,1-2H3. The number of hydrogen-bond donors (Lipinski definition) is 1. The molecule has 1 saturated carbocycles. The van der Waals surface area contributed by atoms with Gasteiger partial charge in [0.15, 0.2) is 0 Å². The highest BCUT2D eigenvalue weighted by Gasteiger charge is 2.38. The maximum atomic E-state index is 5.54. The van der Waals surface area contributed by atoms with Crippen LogP contribution < -0.4 is 5.32 Å². The highest BCUT2D eigenvalue weighted by Crippen LogP contribution is 2.32. The maximum Gasteiger partial charge on any atom is 0.0619 e. The highest BCUT2D eigenvalue weighted by molar-refractivity contribution is 4.98. The quantitative estimate of drug-likeness (QED) is 0.788. The second-order valence-corrected chi connectivity index (χ2v) is 5.39. The minimum Gasteiger partial charge on any atom is -0.380 e. The zero-order valence-corrected chi connectivity index (χ0v) is 10.8. The number of ether oxygens (including phenoxy) is 1. The first-order chi connectivity index (χ1) is 7.76. The van der Waals surface area contributed by atoms with Crippen LogP contribution >= 0.6 is 0 Å². The minimum absolute atomic E-state index is 0.443. The van der Waals surface area contributed by atoms with Crippen molar-refractivity contribution in [3.63, 3.8) is 0 Å². The van der Waals surface area contributed by atoms with E-state index in [1.807, 2.05) is 0 Å². The highest BCUT2D eigenvalue weighted by atomic mass is 16.5. The van der Waals surface area contributed by atoms with Crippen LogP contribution in [0.4, 0.5) is 0 Å². The molecular weight excluding hydrogens is 200 g/mol. The van der Waals surface area contributed by atoms with Crippen molar-refractivity contribution in [2.75, 3.05) is 32.8 Å². The molecule has 0 amide bonds. The molecule has 16 heavy (non-hydrogen) atoms. The maximum absolute atomic E-state index is 5.54. The van der Waals surface area contributed by atoms with Crippen LogP contribution in [0, 0.1) is 0 Å². The molecule has 1 aliphatic heterocycles. The van der Waals surface area contributed by atoms with E-state index in [9.17, 15) is 0 Å². The van der Waals surface area contributed by atoms with Crippen molar-refractivity contribution in [1.29, 1.82) is 0 Å². The molecule has 3 heteroatoms. The van der Waals surface area contributed by atoms with Crippen molar-refractivity contribution in [1.82, 2.24) is 10.2 Å². The molecule has 0 aromatic heterocycles. The summed E-state index contributed by atoms with van der Waals surface area (Å²) in [6.07, 6.45) is 5.54. The van der Waals surface area contributed by atoms with Crippen molar-refractivity contribution in [2.45, 2.75) is 51.1 Å². The molecule has 1 heterocycles. The van der Waals surface area contributed by atoms with Gasteiger partial charge in [-0.15, -0.1) is 0 Å². The number of piperazine rings is 1. The third-order valence-electron chi connectivity index (χ3n) is 4.15. The van der Waals surface area contributed by atoms with Gasteiger partial charge in [0, 0.05) is 37.8 Å². The smallest absolute Gasteiger partial charge is 0.0619 e. The summed E-state index contributed by atoms with van der Waals surface area (Å²) in [5, 5.41) is 3.75. The van der Waals surface area contributed by atoms with E-state index in [-0.39, 0.29) is 0 Å². The predicted octanol–water partition coefficient (Wildman–Crippen LogP) is 1.63. The van der Waals surface area contributed by atoms with E-state index in [1.165, 1.54) is 38.8 Å². The van der Waals surface area contributed by atoms with Gasteiger partial charge in [-0.25, -0.2) is 0 Å². The van der Waals surface area contributed by atoms with E-state index in [0.717, 1.165) is 19.8 Å². The van der Waals surface area contributed by atoms with Crippen LogP contribution in [0.5, 0.6) is 0 Å². The van der Waals surface area contributed by atoms with Gasteiger partial charge < -0.3 is 10.1 Å². The number of nitrogens with one attached hydrogen (secondary N) is 1. The summed E-state index contributed by atoms with van der Waals surface area (Å²) >= 11 is 0. The minimum atomic E-state index is 0.443. The summed E-state index contributed by atoms with van der Waals surface area (Å²) in [6.45, 7) is 9.63. The van der Waals surface area contributed by atoms with Crippen molar-refractivity contribution in [2.24, 2.45) is 0 Å². The number of rotatable bonds is 4. The molecule has 0 aromatic carbocycles. The zero-order valence-electron chi connectivity index (χ0n) is 10.8. The molecule has 1 atom stereocenters. The Hall–Kier alpha value is -0.120.